The van der Waals surface area contributed by atoms with Crippen molar-refractivity contribution in [1.29, 1.82) is 0 Å². The van der Waals surface area contributed by atoms with Crippen LogP contribution < -0.4 is 5.32 Å². The molecule has 0 atom stereocenters. The molecule has 186 valence electrons. The van der Waals surface area contributed by atoms with Crippen molar-refractivity contribution >= 4 is 23.6 Å². The molecule has 1 heterocycles. The van der Waals surface area contributed by atoms with Crippen molar-refractivity contribution in [3.05, 3.63) is 71.1 Å². The van der Waals surface area contributed by atoms with E-state index < -0.39 is 28.3 Å². The Morgan fingerprint density at radius 2 is 1.86 bits per heavy atom. The van der Waals surface area contributed by atoms with Crippen molar-refractivity contribution in [2.24, 2.45) is 0 Å². The summed E-state index contributed by atoms with van der Waals surface area (Å²) in [6.45, 7) is 5.55. The van der Waals surface area contributed by atoms with Crippen LogP contribution >= 0.6 is 11.8 Å². The molecule has 0 fully saturated rings. The quantitative estimate of drug-likeness (QED) is 0.391. The Morgan fingerprint density at radius 3 is 2.46 bits per heavy atom. The number of rotatable bonds is 10. The number of carbonyl (C=O) groups excluding carboxylic acids is 1. The average molecular weight is 504 g/mol. The number of carboxylic acids is 1. The van der Waals surface area contributed by atoms with Crippen LogP contribution in [0.3, 0.4) is 0 Å². The van der Waals surface area contributed by atoms with Crippen molar-refractivity contribution in [3.8, 4) is 11.4 Å². The number of hydrogen-bond acceptors (Lipinski definition) is 5. The fraction of sp³-hybridized carbons (Fsp3) is 0.320. The summed E-state index contributed by atoms with van der Waals surface area (Å²) < 4.78 is 33.1. The van der Waals surface area contributed by atoms with E-state index >= 15 is 0 Å². The smallest absolute Gasteiger partial charge is 0.319 e. The number of hydrogen-bond donors (Lipinski definition) is 2. The SMILES string of the molecule is COCCn1c(-c2ccc(SC(C)(C)C(=O)O)cc2)nc(C)c1C(=O)NCc1ccc(F)cc1F. The van der Waals surface area contributed by atoms with Gasteiger partial charge in [-0.2, -0.15) is 0 Å². The number of ether oxygens (including phenoxy) is 1. The monoisotopic (exact) mass is 503 g/mol. The normalized spacial score (nSPS) is 11.5. The number of aliphatic carboxylic acids is 1. The molecule has 1 amide bonds. The summed E-state index contributed by atoms with van der Waals surface area (Å²) in [5.74, 6) is -2.23. The number of nitrogens with zero attached hydrogens (tertiary/aromatic N) is 2. The minimum absolute atomic E-state index is 0.111. The number of thioether (sulfide) groups is 1. The lowest BCUT2D eigenvalue weighted by molar-refractivity contribution is -0.138. The van der Waals surface area contributed by atoms with Crippen LogP contribution in [0.25, 0.3) is 11.4 Å². The van der Waals surface area contributed by atoms with E-state index in [1.54, 1.807) is 32.4 Å². The number of carbonyl (C=O) groups is 2. The lowest BCUT2D eigenvalue weighted by atomic mass is 10.2. The molecule has 3 rings (SSSR count). The Bertz CT molecular complexity index is 1230. The Morgan fingerprint density at radius 1 is 1.17 bits per heavy atom. The molecule has 0 saturated heterocycles. The number of imidazole rings is 1. The second-order valence-electron chi connectivity index (χ2n) is 8.37. The summed E-state index contributed by atoms with van der Waals surface area (Å²) in [6, 6.07) is 10.5. The Balaban J connectivity index is 1.88. The third kappa shape index (κ3) is 6.26. The van der Waals surface area contributed by atoms with Gasteiger partial charge in [0.1, 0.15) is 27.9 Å². The van der Waals surface area contributed by atoms with Crippen LogP contribution in [0.15, 0.2) is 47.4 Å². The van der Waals surface area contributed by atoms with Gasteiger partial charge in [-0.1, -0.05) is 18.2 Å². The van der Waals surface area contributed by atoms with Crippen molar-refractivity contribution in [1.82, 2.24) is 14.9 Å². The van der Waals surface area contributed by atoms with E-state index in [9.17, 15) is 23.5 Å². The molecule has 35 heavy (non-hydrogen) atoms. The molecule has 0 spiro atoms. The van der Waals surface area contributed by atoms with Gasteiger partial charge in [-0.3, -0.25) is 9.59 Å². The number of amides is 1. The molecule has 0 unspecified atom stereocenters. The summed E-state index contributed by atoms with van der Waals surface area (Å²) in [7, 11) is 1.55. The predicted molar refractivity (Wildman–Crippen MR) is 129 cm³/mol. The molecule has 1 aromatic heterocycles. The van der Waals surface area contributed by atoms with Crippen LogP contribution in [0.1, 0.15) is 35.6 Å². The number of methoxy groups -OCH3 is 1. The zero-order valence-corrected chi connectivity index (χ0v) is 20.7. The van der Waals surface area contributed by atoms with Crippen molar-refractivity contribution in [3.63, 3.8) is 0 Å². The highest BCUT2D eigenvalue weighted by Gasteiger charge is 2.28. The maximum absolute atomic E-state index is 14.0. The zero-order chi connectivity index (χ0) is 25.8. The highest BCUT2D eigenvalue weighted by molar-refractivity contribution is 8.01. The summed E-state index contributed by atoms with van der Waals surface area (Å²) >= 11 is 1.23. The first-order valence-electron chi connectivity index (χ1n) is 10.8. The summed E-state index contributed by atoms with van der Waals surface area (Å²) in [6.07, 6.45) is 0. The molecule has 0 aliphatic carbocycles. The molecule has 0 bridgehead atoms. The van der Waals surface area contributed by atoms with Crippen LogP contribution in [0.5, 0.6) is 0 Å². The second-order valence-corrected chi connectivity index (χ2v) is 10.1. The van der Waals surface area contributed by atoms with E-state index in [1.165, 1.54) is 17.8 Å². The van der Waals surface area contributed by atoms with Gasteiger partial charge in [-0.15, -0.1) is 11.8 Å². The van der Waals surface area contributed by atoms with Gasteiger partial charge in [0, 0.05) is 42.3 Å². The van der Waals surface area contributed by atoms with Crippen LogP contribution in [0.4, 0.5) is 8.78 Å². The molecular weight excluding hydrogens is 476 g/mol. The summed E-state index contributed by atoms with van der Waals surface area (Å²) in [4.78, 5) is 29.8. The van der Waals surface area contributed by atoms with Gasteiger partial charge in [-0.05, 0) is 39.0 Å². The largest absolute Gasteiger partial charge is 0.480 e. The highest BCUT2D eigenvalue weighted by atomic mass is 32.2. The van der Waals surface area contributed by atoms with Crippen LogP contribution in [0.2, 0.25) is 0 Å². The van der Waals surface area contributed by atoms with Gasteiger partial charge < -0.3 is 19.7 Å². The Hall–Kier alpha value is -3.24. The molecular formula is C25H27F2N3O4S. The van der Waals surface area contributed by atoms with Gasteiger partial charge in [0.25, 0.3) is 5.91 Å². The molecule has 3 aromatic rings. The second kappa shape index (κ2) is 11.0. The molecule has 7 nitrogen and oxygen atoms in total. The van der Waals surface area contributed by atoms with Gasteiger partial charge in [0.15, 0.2) is 0 Å². The van der Waals surface area contributed by atoms with Gasteiger partial charge >= 0.3 is 5.97 Å². The Kier molecular flexibility index (Phi) is 8.29. The fourth-order valence-corrected chi connectivity index (χ4v) is 4.36. The predicted octanol–water partition coefficient (Wildman–Crippen LogP) is 4.67. The molecule has 0 aliphatic rings. The van der Waals surface area contributed by atoms with Crippen molar-refractivity contribution in [2.45, 2.75) is 43.5 Å². The van der Waals surface area contributed by atoms with Gasteiger partial charge in [-0.25, -0.2) is 13.8 Å². The molecule has 0 aliphatic heterocycles. The van der Waals surface area contributed by atoms with Gasteiger partial charge in [0.2, 0.25) is 0 Å². The van der Waals surface area contributed by atoms with Gasteiger partial charge in [0.05, 0.1) is 12.3 Å². The number of nitrogens with one attached hydrogen (secondary N) is 1. The molecule has 2 aromatic carbocycles. The topological polar surface area (TPSA) is 93.4 Å². The fourth-order valence-electron chi connectivity index (χ4n) is 3.42. The first-order chi connectivity index (χ1) is 16.5. The third-order valence-corrected chi connectivity index (χ3v) is 6.52. The maximum atomic E-state index is 14.0. The van der Waals surface area contributed by atoms with Crippen LogP contribution in [-0.4, -0.2) is 45.0 Å². The first-order valence-corrected chi connectivity index (χ1v) is 11.7. The molecule has 2 N–H and O–H groups in total. The van der Waals surface area contributed by atoms with E-state index in [2.05, 4.69) is 10.3 Å². The number of halogens is 2. The number of aromatic nitrogens is 2. The molecule has 0 radical (unpaired) electrons. The minimum atomic E-state index is -0.982. The molecule has 0 saturated carbocycles. The lowest BCUT2D eigenvalue weighted by Crippen LogP contribution is -2.27. The summed E-state index contributed by atoms with van der Waals surface area (Å²) in [5, 5.41) is 12.0. The van der Waals surface area contributed by atoms with E-state index in [0.29, 0.717) is 30.4 Å². The number of aryl methyl sites for hydroxylation is 1. The zero-order valence-electron chi connectivity index (χ0n) is 19.9. The number of carboxylic acid groups (broad SMARTS) is 1. The Labute approximate surface area is 206 Å². The van der Waals surface area contributed by atoms with Crippen molar-refractivity contribution < 1.29 is 28.2 Å². The van der Waals surface area contributed by atoms with E-state index in [-0.39, 0.29) is 12.1 Å². The van der Waals surface area contributed by atoms with Crippen molar-refractivity contribution in [2.75, 3.05) is 13.7 Å². The molecule has 10 heteroatoms. The van der Waals surface area contributed by atoms with Crippen LogP contribution in [-0.2, 0) is 22.6 Å². The highest BCUT2D eigenvalue weighted by Crippen LogP contribution is 2.34. The lowest BCUT2D eigenvalue weighted by Gasteiger charge is -2.18. The average Bonchev–Trinajstić information content (AvgIpc) is 3.13. The van der Waals surface area contributed by atoms with E-state index in [0.717, 1.165) is 22.6 Å². The van der Waals surface area contributed by atoms with E-state index in [4.69, 9.17) is 4.74 Å². The minimum Gasteiger partial charge on any atom is -0.480 e. The third-order valence-electron chi connectivity index (χ3n) is 5.33. The first kappa shape index (κ1) is 26.4. The number of benzene rings is 2. The summed E-state index contributed by atoms with van der Waals surface area (Å²) in [5.41, 5.74) is 1.70. The standard InChI is InChI=1S/C25H27F2N3O4S/c1-15-21(23(31)28-14-17-5-8-18(26)13-20(17)27)30(11-12-34-4)22(29-15)16-6-9-19(10-7-16)35-25(2,3)24(32)33/h5-10,13H,11-12,14H2,1-4H3,(H,28,31)(H,32,33). The van der Waals surface area contributed by atoms with Crippen LogP contribution in [0, 0.1) is 18.6 Å². The maximum Gasteiger partial charge on any atom is 0.319 e. The van der Waals surface area contributed by atoms with E-state index in [1.807, 2.05) is 24.3 Å².